The maximum absolute atomic E-state index is 14.7. The van der Waals surface area contributed by atoms with Crippen LogP contribution in [-0.2, 0) is 13.6 Å². The van der Waals surface area contributed by atoms with E-state index in [4.69, 9.17) is 9.05 Å². The summed E-state index contributed by atoms with van der Waals surface area (Å²) < 4.78 is 27.8. The third kappa shape index (κ3) is 7.12. The minimum Gasteiger partial charge on any atom is -0.378 e. The molecule has 2 fully saturated rings. The molecule has 5 nitrogen and oxygen atoms in total. The molecule has 0 amide bonds. The smallest absolute Gasteiger partial charge is 0.363 e. The van der Waals surface area contributed by atoms with Crippen molar-refractivity contribution in [3.63, 3.8) is 0 Å². The Morgan fingerprint density at radius 3 is 1.63 bits per heavy atom. The van der Waals surface area contributed by atoms with Crippen molar-refractivity contribution in [2.75, 3.05) is 19.0 Å². The Labute approximate surface area is 214 Å². The molecule has 0 saturated heterocycles. The lowest BCUT2D eigenvalue weighted by Gasteiger charge is -2.42. The second kappa shape index (κ2) is 12.1. The van der Waals surface area contributed by atoms with Gasteiger partial charge in [-0.25, -0.2) is 0 Å². The minimum atomic E-state index is -3.87. The van der Waals surface area contributed by atoms with E-state index in [9.17, 15) is 9.67 Å². The van der Waals surface area contributed by atoms with Crippen LogP contribution in [0, 0.1) is 35.5 Å². The van der Waals surface area contributed by atoms with Crippen LogP contribution in [0.15, 0.2) is 24.3 Å². The summed E-state index contributed by atoms with van der Waals surface area (Å²) in [4.78, 5) is 2.01. The highest BCUT2D eigenvalue weighted by Gasteiger charge is 2.46. The fourth-order valence-electron chi connectivity index (χ4n) is 6.12. The number of hydrogen-bond acceptors (Lipinski definition) is 5. The van der Waals surface area contributed by atoms with Gasteiger partial charge in [0.25, 0.3) is 0 Å². The highest BCUT2D eigenvalue weighted by Crippen LogP contribution is 2.64. The fourth-order valence-corrected chi connectivity index (χ4v) is 8.17. The second-order valence-corrected chi connectivity index (χ2v) is 14.3. The molecule has 0 spiro atoms. The summed E-state index contributed by atoms with van der Waals surface area (Å²) >= 11 is 0. The van der Waals surface area contributed by atoms with Crippen molar-refractivity contribution in [1.29, 1.82) is 0 Å². The van der Waals surface area contributed by atoms with Gasteiger partial charge in [-0.1, -0.05) is 66.5 Å². The van der Waals surface area contributed by atoms with Gasteiger partial charge in [0.2, 0.25) is 0 Å². The average molecular weight is 508 g/mol. The molecule has 35 heavy (non-hydrogen) atoms. The molecule has 200 valence electrons. The summed E-state index contributed by atoms with van der Waals surface area (Å²) in [5.74, 6) is 1.21. The number of benzene rings is 1. The maximum Gasteiger partial charge on any atom is 0.363 e. The minimum absolute atomic E-state index is 0.168. The SMILES string of the molecule is CC(C)[C@H]1CC[C@@H](C)C[C@H]1OP(=O)(O[C@@H]1C[C@@H](C)CC[C@@H]1C(C)C)[C@H](O)c1ccc(N(C)C)cc1. The zero-order chi connectivity index (χ0) is 25.9. The molecule has 0 heterocycles. The molecule has 0 aromatic heterocycles. The topological polar surface area (TPSA) is 59.0 Å². The monoisotopic (exact) mass is 507 g/mol. The molecule has 6 heteroatoms. The van der Waals surface area contributed by atoms with E-state index >= 15 is 0 Å². The van der Waals surface area contributed by atoms with Gasteiger partial charge in [-0.15, -0.1) is 0 Å². The number of aliphatic hydroxyl groups excluding tert-OH is 1. The maximum atomic E-state index is 14.7. The van der Waals surface area contributed by atoms with E-state index in [1.807, 2.05) is 43.3 Å². The van der Waals surface area contributed by atoms with Crippen LogP contribution in [0.2, 0.25) is 0 Å². The number of rotatable bonds is 9. The third-order valence-corrected chi connectivity index (χ3v) is 10.5. The Hall–Kier alpha value is -0.870. The van der Waals surface area contributed by atoms with Gasteiger partial charge in [-0.05, 0) is 78.9 Å². The summed E-state index contributed by atoms with van der Waals surface area (Å²) in [7, 11) is 0.0893. The molecule has 1 unspecified atom stereocenters. The molecule has 1 aromatic carbocycles. The molecule has 2 saturated carbocycles. The summed E-state index contributed by atoms with van der Waals surface area (Å²) in [6.45, 7) is 13.4. The van der Waals surface area contributed by atoms with Gasteiger partial charge in [-0.2, -0.15) is 0 Å². The van der Waals surface area contributed by atoms with Crippen molar-refractivity contribution in [2.45, 2.75) is 98.1 Å². The zero-order valence-electron chi connectivity index (χ0n) is 23.3. The molecule has 1 aromatic rings. The molecule has 0 bridgehead atoms. The van der Waals surface area contributed by atoms with E-state index in [2.05, 4.69) is 41.5 Å². The first-order chi connectivity index (χ1) is 16.4. The standard InChI is InChI=1S/C29H50NO4P/c1-19(2)25-15-9-21(5)17-27(25)33-35(32,29(31)23-11-13-24(14-12-23)30(7)8)34-28-18-22(6)10-16-26(28)20(3)4/h11-14,19-22,25-29,31H,9-10,15-18H2,1-8H3/t21-,22+,25-,26-,27-,28-,29+,35?/m1/s1. The molecular formula is C29H50NO4P. The van der Waals surface area contributed by atoms with Gasteiger partial charge in [0, 0.05) is 19.8 Å². The van der Waals surface area contributed by atoms with E-state index in [0.29, 0.717) is 41.1 Å². The first kappa shape index (κ1) is 28.7. The normalized spacial score (nSPS) is 32.4. The van der Waals surface area contributed by atoms with E-state index in [1.54, 1.807) is 0 Å². The first-order valence-corrected chi connectivity index (χ1v) is 15.4. The third-order valence-electron chi connectivity index (χ3n) is 8.49. The lowest BCUT2D eigenvalue weighted by molar-refractivity contribution is -0.0153. The number of hydrogen-bond donors (Lipinski definition) is 1. The lowest BCUT2D eigenvalue weighted by atomic mass is 9.75. The Morgan fingerprint density at radius 2 is 1.26 bits per heavy atom. The van der Waals surface area contributed by atoms with Crippen molar-refractivity contribution < 1.29 is 18.7 Å². The number of anilines is 1. The molecule has 0 radical (unpaired) electrons. The predicted molar refractivity (Wildman–Crippen MR) is 146 cm³/mol. The summed E-state index contributed by atoms with van der Waals surface area (Å²) in [5.41, 5.74) is 1.62. The fraction of sp³-hybridized carbons (Fsp3) is 0.793. The van der Waals surface area contributed by atoms with Gasteiger partial charge in [0.05, 0.1) is 12.2 Å². The quantitative estimate of drug-likeness (QED) is 0.344. The number of aliphatic hydroxyl groups is 1. The molecular weight excluding hydrogens is 457 g/mol. The van der Waals surface area contributed by atoms with Gasteiger partial charge in [0.15, 0.2) is 5.85 Å². The molecule has 0 aliphatic heterocycles. The molecule has 2 aliphatic carbocycles. The summed E-state index contributed by atoms with van der Waals surface area (Å²) in [6, 6.07) is 7.60. The second-order valence-electron chi connectivity index (χ2n) is 12.3. The van der Waals surface area contributed by atoms with Crippen molar-refractivity contribution in [3.05, 3.63) is 29.8 Å². The highest BCUT2D eigenvalue weighted by atomic mass is 31.2. The summed E-state index contributed by atoms with van der Waals surface area (Å²) in [6.07, 6.45) is 5.83. The van der Waals surface area contributed by atoms with Crippen LogP contribution >= 0.6 is 7.60 Å². The molecule has 3 rings (SSSR count). The van der Waals surface area contributed by atoms with Crippen molar-refractivity contribution >= 4 is 13.3 Å². The largest absolute Gasteiger partial charge is 0.378 e. The Balaban J connectivity index is 1.95. The van der Waals surface area contributed by atoms with Crippen LogP contribution in [-0.4, -0.2) is 31.4 Å². The highest BCUT2D eigenvalue weighted by molar-refractivity contribution is 7.54. The average Bonchev–Trinajstić information content (AvgIpc) is 2.78. The van der Waals surface area contributed by atoms with Gasteiger partial charge >= 0.3 is 7.60 Å². The first-order valence-electron chi connectivity index (χ1n) is 13.8. The predicted octanol–water partition coefficient (Wildman–Crippen LogP) is 7.89. The Morgan fingerprint density at radius 1 is 0.829 bits per heavy atom. The van der Waals surface area contributed by atoms with Crippen molar-refractivity contribution in [3.8, 4) is 0 Å². The molecule has 1 N–H and O–H groups in total. The van der Waals surface area contributed by atoms with Gasteiger partial charge in [-0.3, -0.25) is 4.57 Å². The molecule has 8 atom stereocenters. The Kier molecular flexibility index (Phi) is 9.93. The van der Waals surface area contributed by atoms with Crippen molar-refractivity contribution in [2.24, 2.45) is 35.5 Å². The van der Waals surface area contributed by atoms with E-state index in [-0.39, 0.29) is 12.2 Å². The van der Waals surface area contributed by atoms with Gasteiger partial charge < -0.3 is 19.1 Å². The van der Waals surface area contributed by atoms with Crippen LogP contribution in [0.4, 0.5) is 5.69 Å². The Bertz CT molecular complexity index is 802. The van der Waals surface area contributed by atoms with E-state index in [1.165, 1.54) is 0 Å². The van der Waals surface area contributed by atoms with Gasteiger partial charge in [0.1, 0.15) is 0 Å². The van der Waals surface area contributed by atoms with Crippen molar-refractivity contribution in [1.82, 2.24) is 0 Å². The zero-order valence-corrected chi connectivity index (χ0v) is 24.2. The molecule has 2 aliphatic rings. The van der Waals surface area contributed by atoms with Crippen LogP contribution in [0.3, 0.4) is 0 Å². The lowest BCUT2D eigenvalue weighted by Crippen LogP contribution is -2.37. The van der Waals surface area contributed by atoms with Crippen LogP contribution in [0.25, 0.3) is 0 Å². The van der Waals surface area contributed by atoms with Crippen LogP contribution in [0.1, 0.15) is 91.5 Å². The van der Waals surface area contributed by atoms with E-state index < -0.39 is 13.4 Å². The van der Waals surface area contributed by atoms with Crippen LogP contribution < -0.4 is 4.90 Å². The number of nitrogens with zero attached hydrogens (tertiary/aromatic N) is 1. The van der Waals surface area contributed by atoms with Crippen LogP contribution in [0.5, 0.6) is 0 Å². The summed E-state index contributed by atoms with van der Waals surface area (Å²) in [5, 5.41) is 11.6. The van der Waals surface area contributed by atoms with E-state index in [0.717, 1.165) is 44.2 Å².